The maximum atomic E-state index is 11.2. The molecule has 2 heterocycles. The van der Waals surface area contributed by atoms with Crippen molar-refractivity contribution in [3.63, 3.8) is 0 Å². The molecule has 15 heavy (non-hydrogen) atoms. The van der Waals surface area contributed by atoms with Gasteiger partial charge in [0.2, 0.25) is 10.0 Å². The number of thiophene rings is 1. The van der Waals surface area contributed by atoms with Gasteiger partial charge in [0.25, 0.3) is 0 Å². The summed E-state index contributed by atoms with van der Waals surface area (Å²) < 4.78 is 22.6. The van der Waals surface area contributed by atoms with Gasteiger partial charge in [-0.25, -0.2) is 18.5 Å². The fourth-order valence-corrected chi connectivity index (χ4v) is 2.98. The summed E-state index contributed by atoms with van der Waals surface area (Å²) in [6.07, 6.45) is 2.93. The van der Waals surface area contributed by atoms with Crippen molar-refractivity contribution in [3.05, 3.63) is 11.4 Å². The Balaban J connectivity index is 2.42. The molecule has 6 nitrogen and oxygen atoms in total. The highest BCUT2D eigenvalue weighted by Gasteiger charge is 2.19. The lowest BCUT2D eigenvalue weighted by Gasteiger charge is -2.18. The Kier molecular flexibility index (Phi) is 2.55. The quantitative estimate of drug-likeness (QED) is 0.807. The number of hydrogen-bond donors (Lipinski definition) is 1. The van der Waals surface area contributed by atoms with Crippen molar-refractivity contribution in [1.29, 1.82) is 0 Å². The van der Waals surface area contributed by atoms with Crippen molar-refractivity contribution >= 4 is 39.7 Å². The highest BCUT2D eigenvalue weighted by molar-refractivity contribution is 7.91. The van der Waals surface area contributed by atoms with Crippen LogP contribution < -0.4 is 10.0 Å². The standard InChI is InChI=1S/C7H8N4O2S2/c8-15(12,13)7-6(1-2-14-7)11-4-9-3-10-5-11/h1-4H,5H2,(H2,8,12,13). The van der Waals surface area contributed by atoms with Crippen LogP contribution in [0.5, 0.6) is 0 Å². The average Bonchev–Trinajstić information content (AvgIpc) is 2.67. The summed E-state index contributed by atoms with van der Waals surface area (Å²) in [6, 6.07) is 1.68. The van der Waals surface area contributed by atoms with Crippen molar-refractivity contribution in [2.75, 3.05) is 11.6 Å². The summed E-state index contributed by atoms with van der Waals surface area (Å²) >= 11 is 1.08. The molecule has 1 aliphatic rings. The Morgan fingerprint density at radius 1 is 1.53 bits per heavy atom. The summed E-state index contributed by atoms with van der Waals surface area (Å²) in [5.74, 6) is 0. The minimum Gasteiger partial charge on any atom is -0.310 e. The number of sulfonamides is 1. The van der Waals surface area contributed by atoms with E-state index >= 15 is 0 Å². The molecule has 0 aliphatic carbocycles. The SMILES string of the molecule is NS(=O)(=O)c1sccc1N1C=NC=NC1. The molecule has 8 heteroatoms. The van der Waals surface area contributed by atoms with Gasteiger partial charge in [-0.2, -0.15) is 0 Å². The van der Waals surface area contributed by atoms with E-state index in [0.29, 0.717) is 12.4 Å². The number of primary sulfonamides is 1. The Labute approximate surface area is 90.8 Å². The molecule has 0 radical (unpaired) electrons. The molecule has 1 aliphatic heterocycles. The lowest BCUT2D eigenvalue weighted by molar-refractivity contribution is 0.600. The third kappa shape index (κ3) is 2.06. The Morgan fingerprint density at radius 3 is 2.93 bits per heavy atom. The van der Waals surface area contributed by atoms with Crippen molar-refractivity contribution in [3.8, 4) is 0 Å². The van der Waals surface area contributed by atoms with Gasteiger partial charge in [0.05, 0.1) is 12.0 Å². The van der Waals surface area contributed by atoms with E-state index in [-0.39, 0.29) is 4.21 Å². The van der Waals surface area contributed by atoms with E-state index < -0.39 is 10.0 Å². The predicted octanol–water partition coefficient (Wildman–Crippen LogP) is 0.230. The van der Waals surface area contributed by atoms with E-state index in [1.54, 1.807) is 16.3 Å². The number of aliphatic imine (C=N–C) groups is 2. The number of rotatable bonds is 2. The molecule has 1 aromatic heterocycles. The third-order valence-corrected chi connectivity index (χ3v) is 4.17. The lowest BCUT2D eigenvalue weighted by Crippen LogP contribution is -2.25. The van der Waals surface area contributed by atoms with Gasteiger partial charge in [0.15, 0.2) is 4.21 Å². The molecule has 2 N–H and O–H groups in total. The monoisotopic (exact) mass is 244 g/mol. The van der Waals surface area contributed by atoms with Gasteiger partial charge in [-0.3, -0.25) is 4.99 Å². The van der Waals surface area contributed by atoms with Gasteiger partial charge in [-0.05, 0) is 11.4 Å². The van der Waals surface area contributed by atoms with Crippen LogP contribution in [0, 0.1) is 0 Å². The summed E-state index contributed by atoms with van der Waals surface area (Å²) in [5, 5.41) is 6.75. The lowest BCUT2D eigenvalue weighted by atomic mass is 10.5. The summed E-state index contributed by atoms with van der Waals surface area (Å²) in [7, 11) is -3.68. The van der Waals surface area contributed by atoms with Gasteiger partial charge in [-0.1, -0.05) is 0 Å². The van der Waals surface area contributed by atoms with Crippen LogP contribution in [0.25, 0.3) is 0 Å². The average molecular weight is 244 g/mol. The number of nitrogens with two attached hydrogens (primary N) is 1. The first-order chi connectivity index (χ1) is 7.09. The van der Waals surface area contributed by atoms with E-state index in [9.17, 15) is 8.42 Å². The molecule has 0 saturated carbocycles. The van der Waals surface area contributed by atoms with Crippen LogP contribution in [0.15, 0.2) is 25.6 Å². The van der Waals surface area contributed by atoms with Crippen LogP contribution in [-0.4, -0.2) is 27.8 Å². The van der Waals surface area contributed by atoms with Gasteiger partial charge < -0.3 is 4.90 Å². The van der Waals surface area contributed by atoms with Crippen molar-refractivity contribution < 1.29 is 8.42 Å². The second-order valence-corrected chi connectivity index (χ2v) is 5.48. The van der Waals surface area contributed by atoms with Gasteiger partial charge >= 0.3 is 0 Å². The number of hydrogen-bond acceptors (Lipinski definition) is 6. The number of nitrogens with zero attached hydrogens (tertiary/aromatic N) is 3. The van der Waals surface area contributed by atoms with E-state index in [0.717, 1.165) is 11.3 Å². The highest BCUT2D eigenvalue weighted by atomic mass is 32.2. The molecule has 0 fully saturated rings. The minimum atomic E-state index is -3.68. The third-order valence-electron chi connectivity index (χ3n) is 1.77. The Morgan fingerprint density at radius 2 is 2.33 bits per heavy atom. The van der Waals surface area contributed by atoms with Crippen LogP contribution >= 0.6 is 11.3 Å². The van der Waals surface area contributed by atoms with Gasteiger partial charge in [0, 0.05) is 0 Å². The van der Waals surface area contributed by atoms with Crippen molar-refractivity contribution in [1.82, 2.24) is 0 Å². The van der Waals surface area contributed by atoms with E-state index in [2.05, 4.69) is 9.98 Å². The largest absolute Gasteiger partial charge is 0.310 e. The topological polar surface area (TPSA) is 88.1 Å². The van der Waals surface area contributed by atoms with E-state index in [1.807, 2.05) is 0 Å². The molecule has 0 amide bonds. The van der Waals surface area contributed by atoms with Gasteiger partial charge in [0.1, 0.15) is 13.0 Å². The zero-order valence-corrected chi connectivity index (χ0v) is 9.20. The Hall–Kier alpha value is -1.25. The second kappa shape index (κ2) is 3.72. The fourth-order valence-electron chi connectivity index (χ4n) is 1.17. The zero-order valence-electron chi connectivity index (χ0n) is 7.57. The molecule has 2 rings (SSSR count). The first-order valence-electron chi connectivity index (χ1n) is 3.97. The Bertz CT molecular complexity index is 517. The first kappa shape index (κ1) is 10.3. The fraction of sp³-hybridized carbons (Fsp3) is 0.143. The molecule has 1 aromatic rings. The van der Waals surface area contributed by atoms with Crippen molar-refractivity contribution in [2.24, 2.45) is 15.1 Å². The molecule has 0 spiro atoms. The van der Waals surface area contributed by atoms with Crippen LogP contribution in [0.4, 0.5) is 5.69 Å². The smallest absolute Gasteiger partial charge is 0.249 e. The molecular formula is C7H8N4O2S2. The van der Waals surface area contributed by atoms with Crippen LogP contribution in [0.2, 0.25) is 0 Å². The number of anilines is 1. The van der Waals surface area contributed by atoms with E-state index in [4.69, 9.17) is 5.14 Å². The molecule has 0 unspecified atom stereocenters. The highest BCUT2D eigenvalue weighted by Crippen LogP contribution is 2.29. The molecule has 0 saturated heterocycles. The normalized spacial score (nSPS) is 15.9. The van der Waals surface area contributed by atoms with E-state index in [1.165, 1.54) is 12.7 Å². The zero-order chi connectivity index (χ0) is 10.9. The molecule has 80 valence electrons. The second-order valence-electron chi connectivity index (χ2n) is 2.81. The summed E-state index contributed by atoms with van der Waals surface area (Å²) in [4.78, 5) is 9.35. The predicted molar refractivity (Wildman–Crippen MR) is 60.0 cm³/mol. The summed E-state index contributed by atoms with van der Waals surface area (Å²) in [5.41, 5.74) is 0.517. The van der Waals surface area contributed by atoms with Crippen LogP contribution in [0.1, 0.15) is 0 Å². The molecule has 0 atom stereocenters. The van der Waals surface area contributed by atoms with Gasteiger partial charge in [-0.15, -0.1) is 11.3 Å². The molecule has 0 bridgehead atoms. The molecule has 0 aromatic carbocycles. The van der Waals surface area contributed by atoms with Crippen LogP contribution in [0.3, 0.4) is 0 Å². The minimum absolute atomic E-state index is 0.131. The maximum Gasteiger partial charge on any atom is 0.249 e. The first-order valence-corrected chi connectivity index (χ1v) is 6.40. The molecular weight excluding hydrogens is 236 g/mol. The maximum absolute atomic E-state index is 11.2. The van der Waals surface area contributed by atoms with Crippen LogP contribution in [-0.2, 0) is 10.0 Å². The van der Waals surface area contributed by atoms with Crippen molar-refractivity contribution in [2.45, 2.75) is 4.21 Å². The summed E-state index contributed by atoms with van der Waals surface area (Å²) in [6.45, 7) is 0.350.